The topological polar surface area (TPSA) is 76.0 Å². The lowest BCUT2D eigenvalue weighted by Crippen LogP contribution is -2.50. The Morgan fingerprint density at radius 2 is 1.90 bits per heavy atom. The number of hydrogen-bond acceptors (Lipinski definition) is 4. The van der Waals surface area contributed by atoms with Crippen molar-refractivity contribution in [2.24, 2.45) is 7.05 Å². The number of aromatic nitrogens is 2. The van der Waals surface area contributed by atoms with Gasteiger partial charge in [0.25, 0.3) is 5.91 Å². The molecule has 0 radical (unpaired) electrons. The fourth-order valence-corrected chi connectivity index (χ4v) is 4.45. The molecule has 2 aromatic carbocycles. The second kappa shape index (κ2) is 7.99. The molecule has 1 aliphatic rings. The second-order valence-electron chi connectivity index (χ2n) is 7.53. The zero-order chi connectivity index (χ0) is 21.4. The van der Waals surface area contributed by atoms with Gasteiger partial charge in [-0.2, -0.15) is 5.10 Å². The molecule has 30 heavy (non-hydrogen) atoms. The van der Waals surface area contributed by atoms with Crippen LogP contribution in [-0.2, 0) is 11.8 Å². The van der Waals surface area contributed by atoms with Crippen molar-refractivity contribution in [3.63, 3.8) is 0 Å². The molecule has 2 atom stereocenters. The van der Waals surface area contributed by atoms with Crippen molar-refractivity contribution >= 4 is 29.4 Å². The number of nitrogens with one attached hydrogen (secondary N) is 2. The highest BCUT2D eigenvalue weighted by molar-refractivity contribution is 7.98. The number of fused-ring (bicyclic) bond motifs is 1. The molecule has 2 heterocycles. The van der Waals surface area contributed by atoms with Crippen LogP contribution in [0.25, 0.3) is 0 Å². The molecular formula is C23H24N4O2S. The number of amides is 2. The molecule has 7 heteroatoms. The zero-order valence-corrected chi connectivity index (χ0v) is 18.2. The maximum absolute atomic E-state index is 13.1. The number of rotatable bonds is 4. The quantitative estimate of drug-likeness (QED) is 0.632. The van der Waals surface area contributed by atoms with E-state index in [4.69, 9.17) is 0 Å². The van der Waals surface area contributed by atoms with E-state index < -0.39 is 6.04 Å². The Hall–Kier alpha value is -3.06. The van der Waals surface area contributed by atoms with E-state index in [2.05, 4.69) is 15.7 Å². The normalized spacial score (nSPS) is 17.9. The lowest BCUT2D eigenvalue weighted by molar-refractivity contribution is -0.118. The summed E-state index contributed by atoms with van der Waals surface area (Å²) in [6.45, 7) is 3.87. The molecule has 0 fully saturated rings. The Bertz CT molecular complexity index is 1120. The second-order valence-corrected chi connectivity index (χ2v) is 8.41. The first-order valence-corrected chi connectivity index (χ1v) is 11.0. The zero-order valence-electron chi connectivity index (χ0n) is 17.4. The van der Waals surface area contributed by atoms with Gasteiger partial charge >= 0.3 is 0 Å². The third-order valence-electron chi connectivity index (χ3n) is 5.48. The van der Waals surface area contributed by atoms with E-state index in [-0.39, 0.29) is 17.7 Å². The molecule has 2 amide bonds. The number of carbonyl (C=O) groups excluding carboxylic acids is 2. The maximum atomic E-state index is 13.1. The smallest absolute Gasteiger partial charge is 0.251 e. The highest BCUT2D eigenvalue weighted by Gasteiger charge is 2.41. The summed E-state index contributed by atoms with van der Waals surface area (Å²) in [7, 11) is 1.81. The lowest BCUT2D eigenvalue weighted by atomic mass is 9.82. The van der Waals surface area contributed by atoms with E-state index in [0.29, 0.717) is 11.4 Å². The van der Waals surface area contributed by atoms with Gasteiger partial charge in [0.2, 0.25) is 5.91 Å². The van der Waals surface area contributed by atoms with Gasteiger partial charge in [-0.25, -0.2) is 0 Å². The van der Waals surface area contributed by atoms with Crippen LogP contribution in [-0.4, -0.2) is 33.9 Å². The first kappa shape index (κ1) is 20.2. The molecule has 0 bridgehead atoms. The standard InChI is InChI=1S/C23H24N4O2S/c1-13-6-5-7-16(12-13)22(28)24-20-19(15-8-10-17(30-4)11-9-15)18-14(2)26-27(3)21(18)25-23(20)29/h5-12,19-20H,1-4H3,(H,24,28)(H,25,29)/t19-,20+/m1/s1. The van der Waals surface area contributed by atoms with Crippen molar-refractivity contribution in [2.75, 3.05) is 11.6 Å². The van der Waals surface area contributed by atoms with Crippen LogP contribution >= 0.6 is 11.8 Å². The van der Waals surface area contributed by atoms with Gasteiger partial charge in [-0.15, -0.1) is 11.8 Å². The summed E-state index contributed by atoms with van der Waals surface area (Å²) in [4.78, 5) is 27.2. The molecule has 1 aromatic heterocycles. The van der Waals surface area contributed by atoms with E-state index in [1.165, 1.54) is 0 Å². The average Bonchev–Trinajstić information content (AvgIpc) is 3.01. The van der Waals surface area contributed by atoms with E-state index in [1.54, 1.807) is 22.5 Å². The van der Waals surface area contributed by atoms with Crippen LogP contribution in [0.2, 0.25) is 0 Å². The largest absolute Gasteiger partial charge is 0.339 e. The molecule has 0 spiro atoms. The highest BCUT2D eigenvalue weighted by atomic mass is 32.2. The number of hydrogen-bond donors (Lipinski definition) is 2. The van der Waals surface area contributed by atoms with Crippen molar-refractivity contribution < 1.29 is 9.59 Å². The molecule has 0 saturated carbocycles. The monoisotopic (exact) mass is 420 g/mol. The summed E-state index contributed by atoms with van der Waals surface area (Å²) < 4.78 is 1.68. The minimum atomic E-state index is -0.742. The van der Waals surface area contributed by atoms with E-state index in [9.17, 15) is 9.59 Å². The van der Waals surface area contributed by atoms with E-state index in [1.807, 2.05) is 69.6 Å². The Kier molecular flexibility index (Phi) is 5.39. The van der Waals surface area contributed by atoms with Crippen molar-refractivity contribution in [2.45, 2.75) is 30.7 Å². The van der Waals surface area contributed by atoms with E-state index >= 15 is 0 Å². The average molecular weight is 421 g/mol. The van der Waals surface area contributed by atoms with Crippen LogP contribution < -0.4 is 10.6 Å². The first-order chi connectivity index (χ1) is 14.4. The number of carbonyl (C=O) groups is 2. The Morgan fingerprint density at radius 1 is 1.17 bits per heavy atom. The molecule has 2 N–H and O–H groups in total. The molecule has 1 aliphatic heterocycles. The van der Waals surface area contributed by atoms with Crippen LogP contribution in [0.4, 0.5) is 5.82 Å². The number of benzene rings is 2. The molecule has 0 saturated heterocycles. The molecule has 0 unspecified atom stereocenters. The van der Waals surface area contributed by atoms with Crippen molar-refractivity contribution in [1.82, 2.24) is 15.1 Å². The minimum absolute atomic E-state index is 0.245. The lowest BCUT2D eigenvalue weighted by Gasteiger charge is -2.32. The van der Waals surface area contributed by atoms with Gasteiger partial charge < -0.3 is 10.6 Å². The van der Waals surface area contributed by atoms with Gasteiger partial charge in [0.15, 0.2) is 0 Å². The summed E-state index contributed by atoms with van der Waals surface area (Å²) in [5.41, 5.74) is 4.26. The fourth-order valence-electron chi connectivity index (χ4n) is 4.04. The summed E-state index contributed by atoms with van der Waals surface area (Å²) in [6, 6.07) is 14.7. The van der Waals surface area contributed by atoms with Crippen LogP contribution in [0.1, 0.15) is 38.7 Å². The summed E-state index contributed by atoms with van der Waals surface area (Å²) in [5, 5.41) is 10.4. The summed E-state index contributed by atoms with van der Waals surface area (Å²) in [6.07, 6.45) is 2.03. The Morgan fingerprint density at radius 3 is 2.57 bits per heavy atom. The number of thioether (sulfide) groups is 1. The third kappa shape index (κ3) is 3.61. The third-order valence-corrected chi connectivity index (χ3v) is 6.22. The van der Waals surface area contributed by atoms with Crippen molar-refractivity contribution in [3.05, 3.63) is 76.5 Å². The van der Waals surface area contributed by atoms with Crippen LogP contribution in [0.5, 0.6) is 0 Å². The van der Waals surface area contributed by atoms with Gasteiger partial charge in [0.1, 0.15) is 11.9 Å². The maximum Gasteiger partial charge on any atom is 0.251 e. The molecule has 6 nitrogen and oxygen atoms in total. The Balaban J connectivity index is 1.77. The van der Waals surface area contributed by atoms with Crippen molar-refractivity contribution in [1.29, 1.82) is 0 Å². The van der Waals surface area contributed by atoms with Crippen LogP contribution in [0.15, 0.2) is 53.4 Å². The molecule has 0 aliphatic carbocycles. The van der Waals surface area contributed by atoms with E-state index in [0.717, 1.165) is 27.3 Å². The number of nitrogens with zero attached hydrogens (tertiary/aromatic N) is 2. The SMILES string of the molecule is CSc1ccc([C@@H]2c3c(C)nn(C)c3NC(=O)[C@H]2NC(=O)c2cccc(C)c2)cc1. The van der Waals surface area contributed by atoms with Gasteiger partial charge in [0.05, 0.1) is 5.69 Å². The van der Waals surface area contributed by atoms with Gasteiger partial charge in [0, 0.05) is 29.0 Å². The minimum Gasteiger partial charge on any atom is -0.339 e. The predicted molar refractivity (Wildman–Crippen MR) is 119 cm³/mol. The predicted octanol–water partition coefficient (Wildman–Crippen LogP) is 3.64. The summed E-state index contributed by atoms with van der Waals surface area (Å²) in [5.74, 6) is -0.162. The van der Waals surface area contributed by atoms with Crippen molar-refractivity contribution in [3.8, 4) is 0 Å². The van der Waals surface area contributed by atoms with Gasteiger partial charge in [-0.1, -0.05) is 29.8 Å². The number of aryl methyl sites for hydroxylation is 3. The van der Waals surface area contributed by atoms with Gasteiger partial charge in [-0.05, 0) is 49.9 Å². The molecule has 154 valence electrons. The number of anilines is 1. The molecule has 3 aromatic rings. The highest BCUT2D eigenvalue weighted by Crippen LogP contribution is 2.39. The van der Waals surface area contributed by atoms with Crippen LogP contribution in [0.3, 0.4) is 0 Å². The molecule has 4 rings (SSSR count). The van der Waals surface area contributed by atoms with Gasteiger partial charge in [-0.3, -0.25) is 14.3 Å². The Labute approximate surface area is 180 Å². The first-order valence-electron chi connectivity index (χ1n) is 9.75. The molecular weight excluding hydrogens is 396 g/mol. The summed E-state index contributed by atoms with van der Waals surface area (Å²) >= 11 is 1.66. The van der Waals surface area contributed by atoms with Crippen LogP contribution in [0, 0.1) is 13.8 Å². The fraction of sp³-hybridized carbons (Fsp3) is 0.261.